The molecule has 0 saturated carbocycles. The Morgan fingerprint density at radius 3 is 2.38 bits per heavy atom. The predicted molar refractivity (Wildman–Crippen MR) is 114 cm³/mol. The summed E-state index contributed by atoms with van der Waals surface area (Å²) >= 11 is 0. The zero-order valence-corrected chi connectivity index (χ0v) is 17.4. The maximum atomic E-state index is 12.9. The lowest BCUT2D eigenvalue weighted by atomic mass is 10.1. The number of esters is 1. The molecule has 150 valence electrons. The molecule has 0 aliphatic carbocycles. The van der Waals surface area contributed by atoms with Crippen molar-refractivity contribution in [3.05, 3.63) is 95.1 Å². The summed E-state index contributed by atoms with van der Waals surface area (Å²) in [6.45, 7) is 4.06. The molecule has 0 radical (unpaired) electrons. The van der Waals surface area contributed by atoms with E-state index in [1.165, 1.54) is 23.5 Å². The third-order valence-electron chi connectivity index (χ3n) is 4.71. The molecule has 0 N–H and O–H groups in total. The van der Waals surface area contributed by atoms with Gasteiger partial charge in [0, 0.05) is 7.05 Å². The second-order valence-electron chi connectivity index (χ2n) is 6.84. The van der Waals surface area contributed by atoms with Crippen molar-refractivity contribution in [3.63, 3.8) is 0 Å². The minimum atomic E-state index is -3.80. The Balaban J connectivity index is 1.79. The van der Waals surface area contributed by atoms with Gasteiger partial charge in [0.05, 0.1) is 16.1 Å². The number of hydrogen-bond acceptors (Lipinski definition) is 4. The van der Waals surface area contributed by atoms with Crippen molar-refractivity contribution in [3.8, 4) is 0 Å². The van der Waals surface area contributed by atoms with Crippen molar-refractivity contribution in [2.75, 3.05) is 11.4 Å². The van der Waals surface area contributed by atoms with E-state index in [-0.39, 0.29) is 17.1 Å². The number of sulfonamides is 1. The Hall–Kier alpha value is -3.12. The summed E-state index contributed by atoms with van der Waals surface area (Å²) in [4.78, 5) is 12.5. The van der Waals surface area contributed by atoms with Crippen LogP contribution in [0.3, 0.4) is 0 Å². The van der Waals surface area contributed by atoms with Gasteiger partial charge in [0.2, 0.25) is 0 Å². The molecule has 0 heterocycles. The molecule has 0 saturated heterocycles. The lowest BCUT2D eigenvalue weighted by Crippen LogP contribution is -2.26. The molecule has 0 aromatic heterocycles. The van der Waals surface area contributed by atoms with Crippen LogP contribution in [0, 0.1) is 13.8 Å². The van der Waals surface area contributed by atoms with Crippen LogP contribution in [0.5, 0.6) is 0 Å². The molecular formula is C23H23NO4S. The molecule has 6 heteroatoms. The number of carbonyl (C=O) groups is 1. The summed E-state index contributed by atoms with van der Waals surface area (Å²) in [5.41, 5.74) is 3.77. The highest BCUT2D eigenvalue weighted by atomic mass is 32.2. The van der Waals surface area contributed by atoms with Crippen LogP contribution >= 0.6 is 0 Å². The number of aryl methyl sites for hydroxylation is 2. The summed E-state index contributed by atoms with van der Waals surface area (Å²) in [5, 5.41) is 0. The third-order valence-corrected chi connectivity index (χ3v) is 6.49. The van der Waals surface area contributed by atoms with Gasteiger partial charge in [-0.25, -0.2) is 13.2 Å². The summed E-state index contributed by atoms with van der Waals surface area (Å²) in [7, 11) is -2.32. The Bertz CT molecular complexity index is 1120. The van der Waals surface area contributed by atoms with Gasteiger partial charge in [-0.3, -0.25) is 4.31 Å². The molecule has 0 atom stereocenters. The molecule has 29 heavy (non-hydrogen) atoms. The van der Waals surface area contributed by atoms with Gasteiger partial charge in [-0.2, -0.15) is 0 Å². The highest BCUT2D eigenvalue weighted by Gasteiger charge is 2.22. The second-order valence-corrected chi connectivity index (χ2v) is 8.81. The molecule has 0 amide bonds. The molecular weight excluding hydrogens is 386 g/mol. The highest BCUT2D eigenvalue weighted by molar-refractivity contribution is 7.92. The van der Waals surface area contributed by atoms with E-state index in [4.69, 9.17) is 4.74 Å². The monoisotopic (exact) mass is 409 g/mol. The average Bonchev–Trinajstić information content (AvgIpc) is 2.74. The van der Waals surface area contributed by atoms with Crippen molar-refractivity contribution in [1.29, 1.82) is 0 Å². The van der Waals surface area contributed by atoms with Gasteiger partial charge in [0.15, 0.2) is 0 Å². The molecule has 0 fully saturated rings. The molecule has 0 bridgehead atoms. The van der Waals surface area contributed by atoms with Crippen molar-refractivity contribution in [2.24, 2.45) is 0 Å². The Kier molecular flexibility index (Phi) is 6.03. The number of rotatable bonds is 6. The zero-order valence-electron chi connectivity index (χ0n) is 16.6. The van der Waals surface area contributed by atoms with Gasteiger partial charge in [-0.1, -0.05) is 48.0 Å². The quantitative estimate of drug-likeness (QED) is 0.563. The van der Waals surface area contributed by atoms with Crippen LogP contribution in [0.25, 0.3) is 0 Å². The van der Waals surface area contributed by atoms with Crippen molar-refractivity contribution in [2.45, 2.75) is 25.3 Å². The molecule has 3 rings (SSSR count). The Morgan fingerprint density at radius 2 is 1.66 bits per heavy atom. The van der Waals surface area contributed by atoms with Crippen LogP contribution in [0.15, 0.2) is 77.7 Å². The minimum absolute atomic E-state index is 0.0324. The summed E-state index contributed by atoms with van der Waals surface area (Å²) < 4.78 is 32.5. The van der Waals surface area contributed by atoms with Gasteiger partial charge in [0.1, 0.15) is 6.61 Å². The number of para-hydroxylation sites is 1. The second kappa shape index (κ2) is 8.49. The van der Waals surface area contributed by atoms with Crippen LogP contribution in [0.4, 0.5) is 5.69 Å². The topological polar surface area (TPSA) is 63.7 Å². The lowest BCUT2D eigenvalue weighted by Gasteiger charge is -2.19. The fourth-order valence-electron chi connectivity index (χ4n) is 2.90. The first-order valence-electron chi connectivity index (χ1n) is 9.16. The number of nitrogens with zero attached hydrogens (tertiary/aromatic N) is 1. The van der Waals surface area contributed by atoms with E-state index in [1.54, 1.807) is 36.4 Å². The standard InChI is InChI=1S/C23H23NO4S/c1-17-12-13-18(2)20(14-17)16-28-23(25)19-8-7-11-22(15-19)29(26,27)24(3)21-9-5-4-6-10-21/h4-15H,16H2,1-3H3. The van der Waals surface area contributed by atoms with E-state index < -0.39 is 16.0 Å². The first kappa shape index (κ1) is 20.6. The summed E-state index contributed by atoms with van der Waals surface area (Å²) in [6, 6.07) is 20.6. The number of benzene rings is 3. The van der Waals surface area contributed by atoms with E-state index in [9.17, 15) is 13.2 Å². The molecule has 0 unspecified atom stereocenters. The normalized spacial score (nSPS) is 11.1. The molecule has 0 aliphatic heterocycles. The lowest BCUT2D eigenvalue weighted by molar-refractivity contribution is 0.0471. The molecule has 5 nitrogen and oxygen atoms in total. The van der Waals surface area contributed by atoms with Crippen LogP contribution in [0.1, 0.15) is 27.0 Å². The van der Waals surface area contributed by atoms with Gasteiger partial charge < -0.3 is 4.74 Å². The maximum absolute atomic E-state index is 12.9. The zero-order chi connectivity index (χ0) is 21.0. The van der Waals surface area contributed by atoms with E-state index in [2.05, 4.69) is 0 Å². The van der Waals surface area contributed by atoms with E-state index in [0.717, 1.165) is 16.7 Å². The van der Waals surface area contributed by atoms with Gasteiger partial charge in [0.25, 0.3) is 10.0 Å². The minimum Gasteiger partial charge on any atom is -0.457 e. The molecule has 3 aromatic rings. The van der Waals surface area contributed by atoms with Crippen LogP contribution in [-0.4, -0.2) is 21.4 Å². The van der Waals surface area contributed by atoms with Crippen molar-refractivity contribution in [1.82, 2.24) is 0 Å². The predicted octanol–water partition coefficient (Wildman–Crippen LogP) is 4.49. The smallest absolute Gasteiger partial charge is 0.338 e. The first-order chi connectivity index (χ1) is 13.8. The average molecular weight is 410 g/mol. The van der Waals surface area contributed by atoms with E-state index in [1.807, 2.05) is 38.1 Å². The highest BCUT2D eigenvalue weighted by Crippen LogP contribution is 2.23. The van der Waals surface area contributed by atoms with Crippen LogP contribution in [-0.2, 0) is 21.4 Å². The Morgan fingerprint density at radius 1 is 0.931 bits per heavy atom. The number of hydrogen-bond donors (Lipinski definition) is 0. The van der Waals surface area contributed by atoms with Gasteiger partial charge in [-0.15, -0.1) is 0 Å². The number of carbonyl (C=O) groups excluding carboxylic acids is 1. The van der Waals surface area contributed by atoms with Gasteiger partial charge in [-0.05, 0) is 55.3 Å². The molecule has 0 aliphatic rings. The fourth-order valence-corrected chi connectivity index (χ4v) is 4.14. The third kappa shape index (κ3) is 4.66. The SMILES string of the molecule is Cc1ccc(C)c(COC(=O)c2cccc(S(=O)(=O)N(C)c3ccccc3)c2)c1. The van der Waals surface area contributed by atoms with Crippen molar-refractivity contribution < 1.29 is 17.9 Å². The maximum Gasteiger partial charge on any atom is 0.338 e. The largest absolute Gasteiger partial charge is 0.457 e. The first-order valence-corrected chi connectivity index (χ1v) is 10.6. The Labute approximate surface area is 171 Å². The molecule has 3 aromatic carbocycles. The number of anilines is 1. The van der Waals surface area contributed by atoms with Crippen molar-refractivity contribution >= 4 is 21.7 Å². The fraction of sp³-hybridized carbons (Fsp3) is 0.174. The summed E-state index contributed by atoms with van der Waals surface area (Å²) in [6.07, 6.45) is 0. The van der Waals surface area contributed by atoms with Gasteiger partial charge >= 0.3 is 5.97 Å². The molecule has 0 spiro atoms. The number of ether oxygens (including phenoxy) is 1. The van der Waals surface area contributed by atoms with E-state index >= 15 is 0 Å². The summed E-state index contributed by atoms with van der Waals surface area (Å²) in [5.74, 6) is -0.565. The van der Waals surface area contributed by atoms with Crippen LogP contribution < -0.4 is 4.31 Å². The van der Waals surface area contributed by atoms with E-state index in [0.29, 0.717) is 5.69 Å². The van der Waals surface area contributed by atoms with Crippen LogP contribution in [0.2, 0.25) is 0 Å².